The molecule has 0 aliphatic carbocycles. The molecule has 1 fully saturated rings. The predicted octanol–water partition coefficient (Wildman–Crippen LogP) is 3.43. The van der Waals surface area contributed by atoms with Crippen molar-refractivity contribution in [2.45, 2.75) is 46.6 Å². The van der Waals surface area contributed by atoms with Crippen LogP contribution in [0.25, 0.3) is 0 Å². The molecule has 2 amide bonds. The number of nitrogens with zero attached hydrogens (tertiary/aromatic N) is 2. The number of carbonyl (C=O) groups is 1. The van der Waals surface area contributed by atoms with Gasteiger partial charge in [0.05, 0.1) is 13.2 Å². The number of guanidine groups is 1. The molecule has 0 spiro atoms. The first-order valence-corrected chi connectivity index (χ1v) is 10.8. The molecule has 7 heteroatoms. The average molecular weight is 404 g/mol. The van der Waals surface area contributed by atoms with Gasteiger partial charge in [-0.05, 0) is 49.8 Å². The molecule has 0 radical (unpaired) electrons. The molecule has 0 bridgehead atoms. The number of anilines is 1. The zero-order valence-electron chi connectivity index (χ0n) is 18.2. The number of rotatable bonds is 10. The lowest BCUT2D eigenvalue weighted by molar-refractivity contribution is 0.128. The van der Waals surface area contributed by atoms with E-state index in [2.05, 4.69) is 34.8 Å². The number of urea groups is 1. The minimum Gasteiger partial charge on any atom is -0.380 e. The van der Waals surface area contributed by atoms with Crippen molar-refractivity contribution in [3.8, 4) is 0 Å². The van der Waals surface area contributed by atoms with Crippen LogP contribution < -0.4 is 16.0 Å². The summed E-state index contributed by atoms with van der Waals surface area (Å²) in [5.74, 6) is 1.43. The van der Waals surface area contributed by atoms with Gasteiger partial charge >= 0.3 is 6.03 Å². The van der Waals surface area contributed by atoms with Gasteiger partial charge in [-0.25, -0.2) is 9.79 Å². The van der Waals surface area contributed by atoms with Gasteiger partial charge in [0, 0.05) is 38.5 Å². The normalized spacial score (nSPS) is 14.3. The van der Waals surface area contributed by atoms with Gasteiger partial charge in [0.25, 0.3) is 0 Å². The van der Waals surface area contributed by atoms with Crippen molar-refractivity contribution in [3.05, 3.63) is 29.8 Å². The molecular weight excluding hydrogens is 366 g/mol. The first kappa shape index (κ1) is 23.0. The van der Waals surface area contributed by atoms with Crippen molar-refractivity contribution < 1.29 is 9.53 Å². The third kappa shape index (κ3) is 9.17. The van der Waals surface area contributed by atoms with E-state index in [1.165, 1.54) is 0 Å². The zero-order valence-corrected chi connectivity index (χ0v) is 18.2. The second kappa shape index (κ2) is 13.0. The number of ether oxygens (including phenoxy) is 1. The van der Waals surface area contributed by atoms with Crippen LogP contribution >= 0.6 is 0 Å². The number of aliphatic imine (C=N–C) groups is 1. The average Bonchev–Trinajstić information content (AvgIpc) is 3.24. The van der Waals surface area contributed by atoms with Gasteiger partial charge < -0.3 is 25.6 Å². The Morgan fingerprint density at radius 2 is 2.00 bits per heavy atom. The van der Waals surface area contributed by atoms with Gasteiger partial charge in [-0.15, -0.1) is 0 Å². The van der Waals surface area contributed by atoms with E-state index in [-0.39, 0.29) is 6.03 Å². The van der Waals surface area contributed by atoms with Crippen LogP contribution in [0, 0.1) is 5.92 Å². The van der Waals surface area contributed by atoms with Crippen molar-refractivity contribution >= 4 is 17.7 Å². The van der Waals surface area contributed by atoms with Crippen LogP contribution in [0.5, 0.6) is 0 Å². The first-order chi connectivity index (χ1) is 14.1. The second-order valence-corrected chi connectivity index (χ2v) is 7.74. The number of carbonyl (C=O) groups excluding carboxylic acids is 1. The van der Waals surface area contributed by atoms with E-state index in [1.807, 2.05) is 36.1 Å². The number of hydrogen-bond donors (Lipinski definition) is 3. The third-order valence-electron chi connectivity index (χ3n) is 4.71. The number of nitrogens with one attached hydrogen (secondary N) is 3. The van der Waals surface area contributed by atoms with E-state index in [9.17, 15) is 4.79 Å². The Kier molecular flexibility index (Phi) is 10.3. The fourth-order valence-corrected chi connectivity index (χ4v) is 3.04. The summed E-state index contributed by atoms with van der Waals surface area (Å²) in [5, 5.41) is 9.54. The van der Waals surface area contributed by atoms with Gasteiger partial charge in [0.1, 0.15) is 0 Å². The van der Waals surface area contributed by atoms with Crippen molar-refractivity contribution in [1.29, 1.82) is 0 Å². The zero-order chi connectivity index (χ0) is 20.9. The summed E-state index contributed by atoms with van der Waals surface area (Å²) in [5.41, 5.74) is 1.86. The third-order valence-corrected chi connectivity index (χ3v) is 4.71. The highest BCUT2D eigenvalue weighted by Crippen LogP contribution is 2.14. The van der Waals surface area contributed by atoms with Gasteiger partial charge in [-0.2, -0.15) is 0 Å². The van der Waals surface area contributed by atoms with Gasteiger partial charge in [0.15, 0.2) is 5.96 Å². The summed E-state index contributed by atoms with van der Waals surface area (Å²) in [4.78, 5) is 18.8. The lowest BCUT2D eigenvalue weighted by Gasteiger charge is -2.16. The van der Waals surface area contributed by atoms with Gasteiger partial charge in [-0.3, -0.25) is 0 Å². The lowest BCUT2D eigenvalue weighted by Crippen LogP contribution is -2.39. The van der Waals surface area contributed by atoms with Crippen molar-refractivity contribution in [2.75, 3.05) is 44.7 Å². The molecule has 1 aliphatic rings. The van der Waals surface area contributed by atoms with Gasteiger partial charge in [-0.1, -0.05) is 26.0 Å². The number of likely N-dealkylation sites (tertiary alicyclic amines) is 1. The Labute approximate surface area is 175 Å². The monoisotopic (exact) mass is 403 g/mol. The molecule has 7 nitrogen and oxygen atoms in total. The maximum absolute atomic E-state index is 12.3. The van der Waals surface area contributed by atoms with E-state index < -0.39 is 0 Å². The van der Waals surface area contributed by atoms with Crippen LogP contribution in [0.3, 0.4) is 0 Å². The maximum Gasteiger partial charge on any atom is 0.321 e. The van der Waals surface area contributed by atoms with Gasteiger partial charge in [0.2, 0.25) is 0 Å². The standard InChI is InChI=1S/C22H37N5O2/c1-4-23-21(24-11-15-29-14-10-18(2)3)25-17-19-8-7-9-20(16-19)26-22(28)27-12-5-6-13-27/h7-9,16,18H,4-6,10-15,17H2,1-3H3,(H,26,28)(H2,23,24,25). The molecule has 0 atom stereocenters. The summed E-state index contributed by atoms with van der Waals surface area (Å²) < 4.78 is 5.64. The quantitative estimate of drug-likeness (QED) is 0.318. The summed E-state index contributed by atoms with van der Waals surface area (Å²) in [6.45, 7) is 11.6. The Hall–Kier alpha value is -2.28. The molecule has 0 saturated carbocycles. The number of benzene rings is 1. The van der Waals surface area contributed by atoms with Crippen LogP contribution in [0.2, 0.25) is 0 Å². The molecule has 29 heavy (non-hydrogen) atoms. The largest absolute Gasteiger partial charge is 0.380 e. The number of hydrogen-bond acceptors (Lipinski definition) is 3. The summed E-state index contributed by atoms with van der Waals surface area (Å²) in [7, 11) is 0. The first-order valence-electron chi connectivity index (χ1n) is 10.8. The Balaban J connectivity index is 1.80. The fourth-order valence-electron chi connectivity index (χ4n) is 3.04. The summed E-state index contributed by atoms with van der Waals surface area (Å²) in [6, 6.07) is 7.85. The van der Waals surface area contributed by atoms with Crippen molar-refractivity contribution in [1.82, 2.24) is 15.5 Å². The molecule has 1 heterocycles. The smallest absolute Gasteiger partial charge is 0.321 e. The van der Waals surface area contributed by atoms with E-state index in [0.29, 0.717) is 19.1 Å². The predicted molar refractivity (Wildman–Crippen MR) is 119 cm³/mol. The number of amides is 2. The van der Waals surface area contributed by atoms with E-state index in [0.717, 1.165) is 69.3 Å². The second-order valence-electron chi connectivity index (χ2n) is 7.74. The fraction of sp³-hybridized carbons (Fsp3) is 0.636. The lowest BCUT2D eigenvalue weighted by atomic mass is 10.1. The topological polar surface area (TPSA) is 78.0 Å². The highest BCUT2D eigenvalue weighted by atomic mass is 16.5. The molecule has 162 valence electrons. The Morgan fingerprint density at radius 1 is 1.21 bits per heavy atom. The Morgan fingerprint density at radius 3 is 2.72 bits per heavy atom. The molecule has 2 rings (SSSR count). The highest BCUT2D eigenvalue weighted by Gasteiger charge is 2.17. The SMILES string of the molecule is CCNC(=NCc1cccc(NC(=O)N2CCCC2)c1)NCCOCCC(C)C. The summed E-state index contributed by atoms with van der Waals surface area (Å²) in [6.07, 6.45) is 3.26. The van der Waals surface area contributed by atoms with Crippen molar-refractivity contribution in [2.24, 2.45) is 10.9 Å². The minimum absolute atomic E-state index is 0.0179. The molecule has 1 aliphatic heterocycles. The van der Waals surface area contributed by atoms with Crippen LogP contribution in [0.1, 0.15) is 45.6 Å². The van der Waals surface area contributed by atoms with E-state index >= 15 is 0 Å². The Bertz CT molecular complexity index is 642. The highest BCUT2D eigenvalue weighted by molar-refractivity contribution is 5.89. The molecule has 1 aromatic carbocycles. The molecule has 3 N–H and O–H groups in total. The van der Waals surface area contributed by atoms with E-state index in [4.69, 9.17) is 4.74 Å². The maximum atomic E-state index is 12.3. The van der Waals surface area contributed by atoms with Crippen molar-refractivity contribution in [3.63, 3.8) is 0 Å². The molecule has 1 aromatic rings. The van der Waals surface area contributed by atoms with Crippen LogP contribution in [-0.4, -0.2) is 56.3 Å². The molecule has 0 aromatic heterocycles. The molecule has 0 unspecified atom stereocenters. The summed E-state index contributed by atoms with van der Waals surface area (Å²) >= 11 is 0. The van der Waals surface area contributed by atoms with Crippen LogP contribution in [-0.2, 0) is 11.3 Å². The minimum atomic E-state index is -0.0179. The molecule has 1 saturated heterocycles. The van der Waals surface area contributed by atoms with E-state index in [1.54, 1.807) is 0 Å². The van der Waals surface area contributed by atoms with Crippen LogP contribution in [0.4, 0.5) is 10.5 Å². The molecular formula is C22H37N5O2. The van der Waals surface area contributed by atoms with Crippen LogP contribution in [0.15, 0.2) is 29.3 Å².